The minimum atomic E-state index is 0.567. The molecule has 5 rings (SSSR count). The Balaban J connectivity index is 1.72. The third kappa shape index (κ3) is 1.84. The zero-order chi connectivity index (χ0) is 14.5. The van der Waals surface area contributed by atoms with Gasteiger partial charge in [0.1, 0.15) is 17.0 Å². The van der Waals surface area contributed by atoms with Crippen LogP contribution in [0, 0.1) is 0 Å². The first kappa shape index (κ1) is 13.0. The van der Waals surface area contributed by atoms with Gasteiger partial charge in [-0.2, -0.15) is 0 Å². The summed E-state index contributed by atoms with van der Waals surface area (Å²) >= 11 is 1.87. The Labute approximate surface area is 133 Å². The lowest BCUT2D eigenvalue weighted by Gasteiger charge is -2.19. The van der Waals surface area contributed by atoms with E-state index in [4.69, 9.17) is 4.98 Å². The third-order valence-corrected chi connectivity index (χ3v) is 6.56. The normalized spacial score (nSPS) is 19.8. The van der Waals surface area contributed by atoms with Crippen LogP contribution in [-0.4, -0.2) is 19.6 Å². The summed E-state index contributed by atoms with van der Waals surface area (Å²) in [5.41, 5.74) is 2.55. The molecule has 5 heteroatoms. The van der Waals surface area contributed by atoms with Gasteiger partial charge in [0.05, 0.1) is 5.39 Å². The first-order valence-electron chi connectivity index (χ1n) is 8.55. The largest absolute Gasteiger partial charge is 0.268 e. The second-order valence-electron chi connectivity index (χ2n) is 6.72. The molecule has 22 heavy (non-hydrogen) atoms. The maximum atomic E-state index is 4.74. The molecule has 0 atom stereocenters. The van der Waals surface area contributed by atoms with Crippen LogP contribution < -0.4 is 0 Å². The Morgan fingerprint density at radius 3 is 2.77 bits per heavy atom. The van der Waals surface area contributed by atoms with E-state index in [0.717, 1.165) is 16.3 Å². The number of hydrogen-bond acceptors (Lipinski definition) is 4. The van der Waals surface area contributed by atoms with Crippen LogP contribution in [-0.2, 0) is 12.8 Å². The molecule has 0 bridgehead atoms. The van der Waals surface area contributed by atoms with Crippen molar-refractivity contribution >= 4 is 27.2 Å². The van der Waals surface area contributed by atoms with Crippen molar-refractivity contribution in [3.63, 3.8) is 0 Å². The average Bonchev–Trinajstić information content (AvgIpc) is 3.16. The van der Waals surface area contributed by atoms with Crippen molar-refractivity contribution in [2.24, 2.45) is 0 Å². The van der Waals surface area contributed by atoms with Gasteiger partial charge in [0, 0.05) is 10.8 Å². The molecule has 1 fully saturated rings. The molecule has 4 nitrogen and oxygen atoms in total. The summed E-state index contributed by atoms with van der Waals surface area (Å²) in [5.74, 6) is 1.71. The molecule has 3 heterocycles. The lowest BCUT2D eigenvalue weighted by atomic mass is 9.89. The Hall–Kier alpha value is -1.49. The topological polar surface area (TPSA) is 43.1 Å². The molecule has 0 spiro atoms. The number of fused-ring (bicyclic) bond motifs is 5. The number of hydrogen-bond donors (Lipinski definition) is 0. The van der Waals surface area contributed by atoms with Crippen LogP contribution in [0.1, 0.15) is 67.1 Å². The molecule has 2 aliphatic rings. The van der Waals surface area contributed by atoms with E-state index in [1.807, 2.05) is 17.7 Å². The summed E-state index contributed by atoms with van der Waals surface area (Å²) in [5, 5.41) is 10.4. The van der Waals surface area contributed by atoms with Gasteiger partial charge in [-0.1, -0.05) is 19.3 Å². The van der Waals surface area contributed by atoms with Crippen LogP contribution in [0.25, 0.3) is 15.9 Å². The second-order valence-corrected chi connectivity index (χ2v) is 7.81. The third-order valence-electron chi connectivity index (χ3n) is 5.36. The summed E-state index contributed by atoms with van der Waals surface area (Å²) in [4.78, 5) is 7.43. The van der Waals surface area contributed by atoms with Gasteiger partial charge in [-0.15, -0.1) is 21.5 Å². The maximum Gasteiger partial charge on any atom is 0.172 e. The van der Waals surface area contributed by atoms with E-state index in [1.165, 1.54) is 73.6 Å². The molecule has 0 saturated heterocycles. The quantitative estimate of drug-likeness (QED) is 0.674. The monoisotopic (exact) mass is 312 g/mol. The van der Waals surface area contributed by atoms with E-state index < -0.39 is 0 Å². The van der Waals surface area contributed by atoms with Gasteiger partial charge in [0.2, 0.25) is 0 Å². The Morgan fingerprint density at radius 1 is 1.00 bits per heavy atom. The van der Waals surface area contributed by atoms with E-state index in [9.17, 15) is 0 Å². The molecule has 3 aromatic heterocycles. The predicted octanol–water partition coefficient (Wildman–Crippen LogP) is 4.27. The van der Waals surface area contributed by atoms with Crippen LogP contribution in [0.3, 0.4) is 0 Å². The van der Waals surface area contributed by atoms with Crippen molar-refractivity contribution in [3.05, 3.63) is 22.6 Å². The minimum Gasteiger partial charge on any atom is -0.268 e. The molecule has 0 aliphatic heterocycles. The smallest absolute Gasteiger partial charge is 0.172 e. The van der Waals surface area contributed by atoms with Gasteiger partial charge in [0.15, 0.2) is 5.65 Å². The first-order valence-corrected chi connectivity index (χ1v) is 9.37. The first-order chi connectivity index (χ1) is 10.9. The van der Waals surface area contributed by atoms with Gasteiger partial charge in [0.25, 0.3) is 0 Å². The standard InChI is InChI=1S/C17H20N4S/c1-2-6-11(7-3-1)15-19-20-16-14-12-8-4-5-9-13(12)22-17(14)18-10-21(15)16/h10-11H,1-9H2. The summed E-state index contributed by atoms with van der Waals surface area (Å²) < 4.78 is 2.18. The van der Waals surface area contributed by atoms with Crippen LogP contribution >= 0.6 is 11.3 Å². The van der Waals surface area contributed by atoms with Gasteiger partial charge in [-0.3, -0.25) is 4.40 Å². The maximum absolute atomic E-state index is 4.74. The number of nitrogens with zero attached hydrogens (tertiary/aromatic N) is 4. The summed E-state index contributed by atoms with van der Waals surface area (Å²) in [6.07, 6.45) is 13.5. The number of rotatable bonds is 1. The van der Waals surface area contributed by atoms with Crippen LogP contribution in [0.15, 0.2) is 6.33 Å². The van der Waals surface area contributed by atoms with E-state index in [-0.39, 0.29) is 0 Å². The SMILES string of the molecule is c1nc2sc3c(c2c2nnc(C4CCCCC4)n12)CCCC3. The summed E-state index contributed by atoms with van der Waals surface area (Å²) in [7, 11) is 0. The fourth-order valence-corrected chi connectivity index (χ4v) is 5.43. The van der Waals surface area contributed by atoms with Crippen molar-refractivity contribution in [2.45, 2.75) is 63.7 Å². The molecule has 0 unspecified atom stereocenters. The number of aromatic nitrogens is 4. The van der Waals surface area contributed by atoms with E-state index in [0.29, 0.717) is 5.92 Å². The number of aryl methyl sites for hydroxylation is 2. The minimum absolute atomic E-state index is 0.567. The number of thiophene rings is 1. The highest BCUT2D eigenvalue weighted by Crippen LogP contribution is 2.38. The van der Waals surface area contributed by atoms with Gasteiger partial charge >= 0.3 is 0 Å². The van der Waals surface area contributed by atoms with E-state index >= 15 is 0 Å². The van der Waals surface area contributed by atoms with Crippen molar-refractivity contribution in [2.75, 3.05) is 0 Å². The fraction of sp³-hybridized carbons (Fsp3) is 0.588. The summed E-state index contributed by atoms with van der Waals surface area (Å²) in [6.45, 7) is 0. The van der Waals surface area contributed by atoms with Gasteiger partial charge < -0.3 is 0 Å². The molecule has 1 saturated carbocycles. The Bertz CT molecular complexity index is 841. The Kier molecular flexibility index (Phi) is 2.96. The van der Waals surface area contributed by atoms with E-state index in [1.54, 1.807) is 0 Å². The highest BCUT2D eigenvalue weighted by molar-refractivity contribution is 7.19. The van der Waals surface area contributed by atoms with Gasteiger partial charge in [-0.05, 0) is 44.1 Å². The highest BCUT2D eigenvalue weighted by atomic mass is 32.1. The van der Waals surface area contributed by atoms with Crippen LogP contribution in [0.4, 0.5) is 0 Å². The van der Waals surface area contributed by atoms with Crippen molar-refractivity contribution in [3.8, 4) is 0 Å². The molecule has 0 N–H and O–H groups in total. The molecule has 114 valence electrons. The lowest BCUT2D eigenvalue weighted by molar-refractivity contribution is 0.426. The van der Waals surface area contributed by atoms with Crippen molar-refractivity contribution < 1.29 is 0 Å². The molecule has 3 aromatic rings. The summed E-state index contributed by atoms with van der Waals surface area (Å²) in [6, 6.07) is 0. The second kappa shape index (κ2) is 5.01. The molecule has 0 aromatic carbocycles. The van der Waals surface area contributed by atoms with Crippen molar-refractivity contribution in [1.29, 1.82) is 0 Å². The predicted molar refractivity (Wildman–Crippen MR) is 88.6 cm³/mol. The molecular weight excluding hydrogens is 292 g/mol. The van der Waals surface area contributed by atoms with Crippen LogP contribution in [0.5, 0.6) is 0 Å². The molecule has 2 aliphatic carbocycles. The average molecular weight is 312 g/mol. The zero-order valence-corrected chi connectivity index (χ0v) is 13.5. The van der Waals surface area contributed by atoms with Crippen LogP contribution in [0.2, 0.25) is 0 Å². The molecular formula is C17H20N4S. The molecule has 0 radical (unpaired) electrons. The van der Waals surface area contributed by atoms with Gasteiger partial charge in [-0.25, -0.2) is 4.98 Å². The lowest BCUT2D eigenvalue weighted by Crippen LogP contribution is -2.09. The highest BCUT2D eigenvalue weighted by Gasteiger charge is 2.24. The van der Waals surface area contributed by atoms with E-state index in [2.05, 4.69) is 14.6 Å². The zero-order valence-electron chi connectivity index (χ0n) is 12.7. The Morgan fingerprint density at radius 2 is 1.86 bits per heavy atom. The van der Waals surface area contributed by atoms with Crippen molar-refractivity contribution in [1.82, 2.24) is 19.6 Å². The fourth-order valence-electron chi connectivity index (χ4n) is 4.21. The molecule has 0 amide bonds.